The van der Waals surface area contributed by atoms with Gasteiger partial charge in [0.1, 0.15) is 6.04 Å². The minimum Gasteiger partial charge on any atom is -0.394 e. The first-order chi connectivity index (χ1) is 17.8. The van der Waals surface area contributed by atoms with E-state index in [-0.39, 0.29) is 40.3 Å². The summed E-state index contributed by atoms with van der Waals surface area (Å²) < 4.78 is -0.742. The normalized spacial score (nSPS) is 30.9. The number of aliphatic hydroxyl groups is 1. The van der Waals surface area contributed by atoms with Gasteiger partial charge >= 0.3 is 0 Å². The molecule has 0 aromatic rings. The van der Waals surface area contributed by atoms with Crippen molar-refractivity contribution in [3.8, 4) is 0 Å². The van der Waals surface area contributed by atoms with Gasteiger partial charge in [-0.25, -0.2) is 0 Å². The van der Waals surface area contributed by atoms with Crippen LogP contribution in [0.3, 0.4) is 0 Å². The number of fused-ring (bicyclic) bond motifs is 1. The summed E-state index contributed by atoms with van der Waals surface area (Å²) in [6.07, 6.45) is 5.45. The maximum atomic E-state index is 14.6. The third-order valence-electron chi connectivity index (χ3n) is 8.14. The SMILES string of the molecule is C=CCN(CCC)C(=O)[C@H]1[C@H]2C(=O)N([C@@H](CO)CC(C)C)C(C(=O)N(CC=C)C(C)(C)C)C23CC(Br)[C@@H]1S3. The Bertz CT molecular complexity index is 937. The second-order valence-electron chi connectivity index (χ2n) is 12.4. The lowest BCUT2D eigenvalue weighted by atomic mass is 9.70. The van der Waals surface area contributed by atoms with Crippen LogP contribution in [-0.2, 0) is 14.4 Å². The molecule has 1 N–H and O–H groups in total. The Morgan fingerprint density at radius 2 is 1.87 bits per heavy atom. The fraction of sp³-hybridized carbons (Fsp3) is 0.759. The van der Waals surface area contributed by atoms with Crippen LogP contribution in [0.1, 0.15) is 60.8 Å². The first-order valence-corrected chi connectivity index (χ1v) is 15.7. The van der Waals surface area contributed by atoms with Gasteiger partial charge in [0, 0.05) is 35.3 Å². The third kappa shape index (κ3) is 5.36. The molecule has 3 aliphatic rings. The van der Waals surface area contributed by atoms with Crippen molar-refractivity contribution in [1.29, 1.82) is 0 Å². The van der Waals surface area contributed by atoms with Crippen molar-refractivity contribution in [3.05, 3.63) is 25.3 Å². The largest absolute Gasteiger partial charge is 0.394 e. The first-order valence-electron chi connectivity index (χ1n) is 13.9. The molecule has 3 aliphatic heterocycles. The molecule has 2 bridgehead atoms. The highest BCUT2D eigenvalue weighted by Crippen LogP contribution is 2.68. The van der Waals surface area contributed by atoms with Gasteiger partial charge in [-0.05, 0) is 46.0 Å². The van der Waals surface area contributed by atoms with E-state index < -0.39 is 34.2 Å². The Morgan fingerprint density at radius 3 is 2.37 bits per heavy atom. The third-order valence-corrected chi connectivity index (χ3v) is 11.4. The topological polar surface area (TPSA) is 81.2 Å². The zero-order valence-corrected chi connectivity index (χ0v) is 26.3. The van der Waals surface area contributed by atoms with Crippen molar-refractivity contribution in [3.63, 3.8) is 0 Å². The van der Waals surface area contributed by atoms with Crippen LogP contribution in [0, 0.1) is 17.8 Å². The molecule has 0 saturated carbocycles. The molecule has 38 heavy (non-hydrogen) atoms. The Balaban J connectivity index is 2.17. The molecule has 0 radical (unpaired) electrons. The van der Waals surface area contributed by atoms with Crippen molar-refractivity contribution < 1.29 is 19.5 Å². The summed E-state index contributed by atoms with van der Waals surface area (Å²) >= 11 is 5.50. The Hall–Kier alpha value is -1.32. The average Bonchev–Trinajstić information content (AvgIpc) is 3.42. The fourth-order valence-corrected chi connectivity index (χ4v) is 10.3. The number of thioether (sulfide) groups is 1. The lowest BCUT2D eigenvalue weighted by Crippen LogP contribution is -2.61. The summed E-state index contributed by atoms with van der Waals surface area (Å²) in [6, 6.07) is -1.26. The number of halogens is 1. The van der Waals surface area contributed by atoms with Gasteiger partial charge in [0.25, 0.3) is 0 Å². The first kappa shape index (κ1) is 31.2. The van der Waals surface area contributed by atoms with Gasteiger partial charge in [0.2, 0.25) is 17.7 Å². The molecule has 3 heterocycles. The number of hydrogen-bond acceptors (Lipinski definition) is 5. The summed E-state index contributed by atoms with van der Waals surface area (Å²) in [6.45, 7) is 21.0. The fourth-order valence-electron chi connectivity index (χ4n) is 6.74. The molecule has 9 heteroatoms. The van der Waals surface area contributed by atoms with Gasteiger partial charge in [-0.1, -0.05) is 48.9 Å². The summed E-state index contributed by atoms with van der Waals surface area (Å²) in [5.41, 5.74) is -0.492. The lowest BCUT2D eigenvalue weighted by molar-refractivity contribution is -0.149. The standard InChI is InChI=1S/C29H46BrN3O4S/c1-9-12-31(13-10-2)25(35)21-22-26(36)33(19(17-34)15-18(4)5)24(29(22)16-20(30)23(21)38-29)27(37)32(14-11-3)28(6,7)8/h9,11,18-24,34H,1,3,10,12-17H2,2,4-8H3/t19-,20?,21+,22+,23+,24?,29?/m1/s1. The van der Waals surface area contributed by atoms with E-state index in [1.165, 1.54) is 0 Å². The summed E-state index contributed by atoms with van der Waals surface area (Å²) in [5, 5.41) is 10.4. The molecule has 7 atom stereocenters. The number of aliphatic hydroxyl groups excluding tert-OH is 1. The van der Waals surface area contributed by atoms with E-state index in [0.29, 0.717) is 32.5 Å². The van der Waals surface area contributed by atoms with Gasteiger partial charge in [0.05, 0.1) is 29.2 Å². The Kier molecular flexibility index (Phi) is 9.90. The predicted molar refractivity (Wildman–Crippen MR) is 158 cm³/mol. The van der Waals surface area contributed by atoms with E-state index in [1.54, 1.807) is 38.6 Å². The molecular formula is C29H46BrN3O4S. The lowest BCUT2D eigenvalue weighted by Gasteiger charge is -2.44. The van der Waals surface area contributed by atoms with Gasteiger partial charge in [0.15, 0.2) is 0 Å². The highest BCUT2D eigenvalue weighted by Gasteiger charge is 2.76. The second-order valence-corrected chi connectivity index (χ2v) is 15.1. The number of carbonyl (C=O) groups is 3. The molecule has 3 unspecified atom stereocenters. The van der Waals surface area contributed by atoms with Crippen LogP contribution in [-0.4, -0.2) is 96.2 Å². The van der Waals surface area contributed by atoms with E-state index in [4.69, 9.17) is 0 Å². The molecule has 3 fully saturated rings. The molecule has 0 aromatic heterocycles. The number of amides is 3. The minimum absolute atomic E-state index is 0.00752. The predicted octanol–water partition coefficient (Wildman–Crippen LogP) is 4.10. The summed E-state index contributed by atoms with van der Waals surface area (Å²) in [7, 11) is 0. The molecule has 214 valence electrons. The number of alkyl halides is 1. The molecule has 0 aliphatic carbocycles. The number of rotatable bonds is 12. The molecule has 3 saturated heterocycles. The van der Waals surface area contributed by atoms with Gasteiger partial charge in [-0.2, -0.15) is 0 Å². The Labute approximate surface area is 241 Å². The van der Waals surface area contributed by atoms with Crippen LogP contribution in [0.5, 0.6) is 0 Å². The highest BCUT2D eigenvalue weighted by molar-refractivity contribution is 9.09. The number of nitrogens with zero attached hydrogens (tertiary/aromatic N) is 3. The molecule has 3 rings (SSSR count). The van der Waals surface area contributed by atoms with Crippen LogP contribution in [0.25, 0.3) is 0 Å². The van der Waals surface area contributed by atoms with Crippen molar-refractivity contribution in [2.75, 3.05) is 26.2 Å². The Morgan fingerprint density at radius 1 is 1.24 bits per heavy atom. The monoisotopic (exact) mass is 611 g/mol. The van der Waals surface area contributed by atoms with Crippen molar-refractivity contribution >= 4 is 45.4 Å². The summed E-state index contributed by atoms with van der Waals surface area (Å²) in [5.74, 6) is -1.25. The van der Waals surface area contributed by atoms with Crippen LogP contribution >= 0.6 is 27.7 Å². The van der Waals surface area contributed by atoms with E-state index in [1.807, 2.05) is 27.7 Å². The van der Waals surface area contributed by atoms with E-state index in [0.717, 1.165) is 6.42 Å². The van der Waals surface area contributed by atoms with Gasteiger partial charge in [-0.3, -0.25) is 14.4 Å². The molecule has 7 nitrogen and oxygen atoms in total. The van der Waals surface area contributed by atoms with Gasteiger partial charge < -0.3 is 19.8 Å². The highest BCUT2D eigenvalue weighted by atomic mass is 79.9. The quantitative estimate of drug-likeness (QED) is 0.265. The molecule has 1 spiro atoms. The smallest absolute Gasteiger partial charge is 0.247 e. The molecule has 3 amide bonds. The van der Waals surface area contributed by atoms with Crippen LogP contribution in [0.2, 0.25) is 0 Å². The van der Waals surface area contributed by atoms with Crippen LogP contribution in [0.4, 0.5) is 0 Å². The van der Waals surface area contributed by atoms with E-state index in [2.05, 4.69) is 42.9 Å². The number of hydrogen-bond donors (Lipinski definition) is 1. The maximum absolute atomic E-state index is 14.6. The zero-order chi connectivity index (χ0) is 28.6. The van der Waals surface area contributed by atoms with Crippen molar-refractivity contribution in [2.24, 2.45) is 17.8 Å². The molecular weight excluding hydrogens is 566 g/mol. The van der Waals surface area contributed by atoms with Crippen molar-refractivity contribution in [2.45, 2.75) is 93.3 Å². The minimum atomic E-state index is -0.762. The maximum Gasteiger partial charge on any atom is 0.247 e. The molecule has 0 aromatic carbocycles. The second kappa shape index (κ2) is 12.0. The van der Waals surface area contributed by atoms with Crippen molar-refractivity contribution in [1.82, 2.24) is 14.7 Å². The average molecular weight is 613 g/mol. The number of likely N-dealkylation sites (tertiary alicyclic amines) is 1. The van der Waals surface area contributed by atoms with Gasteiger partial charge in [-0.15, -0.1) is 24.9 Å². The number of carbonyl (C=O) groups excluding carboxylic acids is 3. The van der Waals surface area contributed by atoms with Crippen LogP contribution < -0.4 is 0 Å². The van der Waals surface area contributed by atoms with E-state index in [9.17, 15) is 19.5 Å². The summed E-state index contributed by atoms with van der Waals surface area (Å²) in [4.78, 5) is 48.4. The van der Waals surface area contributed by atoms with E-state index >= 15 is 0 Å². The zero-order valence-electron chi connectivity index (χ0n) is 23.9. The van der Waals surface area contributed by atoms with Crippen LogP contribution in [0.15, 0.2) is 25.3 Å².